The van der Waals surface area contributed by atoms with Crippen LogP contribution in [0.3, 0.4) is 0 Å². The maximum absolute atomic E-state index is 14.2. The van der Waals surface area contributed by atoms with E-state index in [1.54, 1.807) is 6.92 Å². The number of rotatable bonds is 7. The van der Waals surface area contributed by atoms with E-state index in [-0.39, 0.29) is 30.3 Å². The molecule has 0 amide bonds. The maximum atomic E-state index is 14.2. The highest BCUT2D eigenvalue weighted by Crippen LogP contribution is 2.33. The minimum Gasteiger partial charge on any atom is -0.493 e. The van der Waals surface area contributed by atoms with Crippen molar-refractivity contribution in [3.8, 4) is 11.5 Å². The topological polar surface area (TPSA) is 65.0 Å². The Morgan fingerprint density at radius 2 is 1.92 bits per heavy atom. The second-order valence-electron chi connectivity index (χ2n) is 4.95. The number of methoxy groups -OCH3 is 1. The minimum atomic E-state index is -1.72. The van der Waals surface area contributed by atoms with Crippen molar-refractivity contribution in [3.05, 3.63) is 59.4 Å². The predicted octanol–water partition coefficient (Wildman–Crippen LogP) is 3.01. The van der Waals surface area contributed by atoms with Gasteiger partial charge in [0.1, 0.15) is 12.4 Å². The van der Waals surface area contributed by atoms with Gasteiger partial charge in [-0.1, -0.05) is 30.3 Å². The van der Waals surface area contributed by atoms with Crippen LogP contribution in [0.15, 0.2) is 42.5 Å². The van der Waals surface area contributed by atoms with Crippen LogP contribution < -0.4 is 9.47 Å². The van der Waals surface area contributed by atoms with Crippen LogP contribution in [0.25, 0.3) is 0 Å². The predicted molar refractivity (Wildman–Crippen MR) is 85.3 cm³/mol. The number of halogens is 1. The summed E-state index contributed by atoms with van der Waals surface area (Å²) >= 11 is 0. The highest BCUT2D eigenvalue weighted by atomic mass is 19.1. The van der Waals surface area contributed by atoms with E-state index in [1.807, 2.05) is 30.3 Å². The van der Waals surface area contributed by atoms with Crippen molar-refractivity contribution in [3.63, 3.8) is 0 Å². The van der Waals surface area contributed by atoms with Gasteiger partial charge in [-0.25, -0.2) is 9.18 Å². The van der Waals surface area contributed by atoms with Crippen molar-refractivity contribution in [1.82, 2.24) is 0 Å². The third-order valence-corrected chi connectivity index (χ3v) is 3.32. The monoisotopic (exact) mass is 334 g/mol. The van der Waals surface area contributed by atoms with Crippen molar-refractivity contribution in [2.24, 2.45) is 0 Å². The maximum Gasteiger partial charge on any atom is 0.339 e. The molecule has 2 aromatic carbocycles. The van der Waals surface area contributed by atoms with Gasteiger partial charge in [0, 0.05) is 11.6 Å². The molecule has 128 valence electrons. The number of ether oxygens (including phenoxy) is 3. The zero-order chi connectivity index (χ0) is 17.5. The molecular formula is C18H19FO5. The Bertz CT molecular complexity index is 687. The largest absolute Gasteiger partial charge is 0.493 e. The molecule has 24 heavy (non-hydrogen) atoms. The van der Waals surface area contributed by atoms with Crippen LogP contribution >= 0.6 is 0 Å². The van der Waals surface area contributed by atoms with Gasteiger partial charge in [0.2, 0.25) is 0 Å². The van der Waals surface area contributed by atoms with Crippen LogP contribution in [0.1, 0.15) is 24.2 Å². The average molecular weight is 334 g/mol. The lowest BCUT2D eigenvalue weighted by atomic mass is 10.1. The number of esters is 1. The standard InChI is InChI=1S/C18H19FO5/c1-3-23-18(21)17(20)13-9-15(22-2)16(10-14(13)19)24-11-12-7-5-4-6-8-12/h4-10,17,20H,3,11H2,1-2H3. The molecule has 0 fully saturated rings. The first-order chi connectivity index (χ1) is 11.6. The third-order valence-electron chi connectivity index (χ3n) is 3.32. The van der Waals surface area contributed by atoms with E-state index in [1.165, 1.54) is 13.2 Å². The van der Waals surface area contributed by atoms with Crippen molar-refractivity contribution in [2.45, 2.75) is 19.6 Å². The fourth-order valence-electron chi connectivity index (χ4n) is 2.12. The molecule has 6 heteroatoms. The molecule has 0 radical (unpaired) electrons. The van der Waals surface area contributed by atoms with Gasteiger partial charge in [0.05, 0.1) is 13.7 Å². The summed E-state index contributed by atoms with van der Waals surface area (Å²) in [5.41, 5.74) is 0.688. The lowest BCUT2D eigenvalue weighted by Crippen LogP contribution is -2.17. The first-order valence-corrected chi connectivity index (χ1v) is 7.45. The number of hydrogen-bond acceptors (Lipinski definition) is 5. The first-order valence-electron chi connectivity index (χ1n) is 7.45. The number of benzene rings is 2. The Labute approximate surface area is 139 Å². The molecular weight excluding hydrogens is 315 g/mol. The molecule has 0 aliphatic heterocycles. The highest BCUT2D eigenvalue weighted by molar-refractivity contribution is 5.76. The number of hydrogen-bond donors (Lipinski definition) is 1. The Balaban J connectivity index is 2.21. The first kappa shape index (κ1) is 17.7. The zero-order valence-corrected chi connectivity index (χ0v) is 13.5. The van der Waals surface area contributed by atoms with Crippen LogP contribution in [-0.4, -0.2) is 24.8 Å². The summed E-state index contributed by atoms with van der Waals surface area (Å²) < 4.78 is 29.7. The molecule has 0 aliphatic carbocycles. The number of aliphatic hydroxyl groups excluding tert-OH is 1. The summed E-state index contributed by atoms with van der Waals surface area (Å²) in [7, 11) is 1.39. The van der Waals surface area contributed by atoms with Crippen molar-refractivity contribution in [1.29, 1.82) is 0 Å². The third kappa shape index (κ3) is 4.23. The van der Waals surface area contributed by atoms with E-state index in [4.69, 9.17) is 14.2 Å². The summed E-state index contributed by atoms with van der Waals surface area (Å²) in [6, 6.07) is 11.7. The fraction of sp³-hybridized carbons (Fsp3) is 0.278. The smallest absolute Gasteiger partial charge is 0.339 e. The van der Waals surface area contributed by atoms with E-state index in [0.29, 0.717) is 0 Å². The lowest BCUT2D eigenvalue weighted by Gasteiger charge is -2.15. The quantitative estimate of drug-likeness (QED) is 0.789. The van der Waals surface area contributed by atoms with Crippen LogP contribution in [0.5, 0.6) is 11.5 Å². The van der Waals surface area contributed by atoms with Crippen LogP contribution in [-0.2, 0) is 16.1 Å². The molecule has 0 aliphatic rings. The van der Waals surface area contributed by atoms with Gasteiger partial charge in [-0.3, -0.25) is 0 Å². The summed E-state index contributed by atoms with van der Waals surface area (Å²) in [6.45, 7) is 1.92. The Hall–Kier alpha value is -2.60. The summed E-state index contributed by atoms with van der Waals surface area (Å²) in [4.78, 5) is 11.6. The van der Waals surface area contributed by atoms with Gasteiger partial charge in [-0.2, -0.15) is 0 Å². The normalized spacial score (nSPS) is 11.7. The molecule has 0 saturated heterocycles. The Morgan fingerprint density at radius 3 is 2.54 bits per heavy atom. The van der Waals surface area contributed by atoms with Crippen LogP contribution in [0, 0.1) is 5.82 Å². The van der Waals surface area contributed by atoms with E-state index in [9.17, 15) is 14.3 Å². The molecule has 1 N–H and O–H groups in total. The van der Waals surface area contributed by atoms with E-state index < -0.39 is 17.9 Å². The van der Waals surface area contributed by atoms with Gasteiger partial charge < -0.3 is 19.3 Å². The van der Waals surface area contributed by atoms with Crippen LogP contribution in [0.2, 0.25) is 0 Å². The number of aliphatic hydroxyl groups is 1. The zero-order valence-electron chi connectivity index (χ0n) is 13.5. The fourth-order valence-corrected chi connectivity index (χ4v) is 2.12. The SMILES string of the molecule is CCOC(=O)C(O)c1cc(OC)c(OCc2ccccc2)cc1F. The second-order valence-corrected chi connectivity index (χ2v) is 4.95. The number of carbonyl (C=O) groups excluding carboxylic acids is 1. The van der Waals surface area contributed by atoms with E-state index in [2.05, 4.69) is 0 Å². The average Bonchev–Trinajstić information content (AvgIpc) is 2.60. The van der Waals surface area contributed by atoms with E-state index in [0.717, 1.165) is 11.6 Å². The minimum absolute atomic E-state index is 0.0902. The molecule has 1 unspecified atom stereocenters. The molecule has 2 aromatic rings. The summed E-state index contributed by atoms with van der Waals surface area (Å²) in [5, 5.41) is 9.91. The molecule has 0 aromatic heterocycles. The van der Waals surface area contributed by atoms with Crippen molar-refractivity contribution in [2.75, 3.05) is 13.7 Å². The molecule has 2 rings (SSSR count). The highest BCUT2D eigenvalue weighted by Gasteiger charge is 2.24. The number of carbonyl (C=O) groups is 1. The second kappa shape index (κ2) is 8.31. The molecule has 1 atom stereocenters. The molecule has 0 spiro atoms. The summed E-state index contributed by atoms with van der Waals surface area (Å²) in [6.07, 6.45) is -1.72. The van der Waals surface area contributed by atoms with Gasteiger partial charge in [0.25, 0.3) is 0 Å². The molecule has 0 bridgehead atoms. The molecule has 5 nitrogen and oxygen atoms in total. The van der Waals surface area contributed by atoms with Gasteiger partial charge in [-0.05, 0) is 18.6 Å². The Kier molecular flexibility index (Phi) is 6.14. The summed E-state index contributed by atoms with van der Waals surface area (Å²) in [5.74, 6) is -1.31. The lowest BCUT2D eigenvalue weighted by molar-refractivity contribution is -0.153. The van der Waals surface area contributed by atoms with Crippen molar-refractivity contribution < 1.29 is 28.5 Å². The Morgan fingerprint density at radius 1 is 1.21 bits per heavy atom. The van der Waals surface area contributed by atoms with Gasteiger partial charge in [-0.15, -0.1) is 0 Å². The van der Waals surface area contributed by atoms with Crippen LogP contribution in [0.4, 0.5) is 4.39 Å². The van der Waals surface area contributed by atoms with Gasteiger partial charge in [0.15, 0.2) is 17.6 Å². The van der Waals surface area contributed by atoms with Crippen molar-refractivity contribution >= 4 is 5.97 Å². The molecule has 0 saturated carbocycles. The van der Waals surface area contributed by atoms with Gasteiger partial charge >= 0.3 is 5.97 Å². The van der Waals surface area contributed by atoms with E-state index >= 15 is 0 Å². The molecule has 0 heterocycles.